The molecule has 0 heterocycles. The molecule has 0 amide bonds. The summed E-state index contributed by atoms with van der Waals surface area (Å²) in [5.41, 5.74) is 1.86. The number of halogens is 1. The van der Waals surface area contributed by atoms with Crippen molar-refractivity contribution in [3.8, 4) is 0 Å². The maximum Gasteiger partial charge on any atom is 0.222 e. The monoisotopic (exact) mass is 305 g/mol. The molecule has 0 saturated heterocycles. The molecule has 2 N–H and O–H groups in total. The first-order valence-electron chi connectivity index (χ1n) is 4.85. The van der Waals surface area contributed by atoms with E-state index < -0.39 is 22.2 Å². The lowest BCUT2D eigenvalue weighted by molar-refractivity contribution is 0.152. The summed E-state index contributed by atoms with van der Waals surface area (Å²) in [6.07, 6.45) is -0.197. The summed E-state index contributed by atoms with van der Waals surface area (Å²) in [6, 6.07) is 6.94. The van der Waals surface area contributed by atoms with Crippen LogP contribution >= 0.6 is 15.9 Å². The second-order valence-electron chi connectivity index (χ2n) is 3.79. The first-order valence-corrected chi connectivity index (χ1v) is 7.63. The number of sulfonamides is 1. The van der Waals surface area contributed by atoms with E-state index >= 15 is 0 Å². The second kappa shape index (κ2) is 4.44. The predicted molar refractivity (Wildman–Crippen MR) is 64.7 cm³/mol. The van der Waals surface area contributed by atoms with Crippen LogP contribution in [0.1, 0.15) is 17.2 Å². The minimum absolute atomic E-state index is 0.161. The number of hydrogen-bond acceptors (Lipinski definition) is 3. The van der Waals surface area contributed by atoms with Crippen LogP contribution in [0.4, 0.5) is 0 Å². The Kier molecular flexibility index (Phi) is 3.34. The SMILES string of the molecule is O=S(=O)(CBr)N[C@H]1c2ccccc2C[C@H]1O. The highest BCUT2D eigenvalue weighted by molar-refractivity contribution is 9.10. The van der Waals surface area contributed by atoms with E-state index in [1.165, 1.54) is 0 Å². The molecule has 4 nitrogen and oxygen atoms in total. The Balaban J connectivity index is 2.30. The van der Waals surface area contributed by atoms with Crippen molar-refractivity contribution in [1.82, 2.24) is 4.72 Å². The summed E-state index contributed by atoms with van der Waals surface area (Å²) in [7, 11) is -3.37. The van der Waals surface area contributed by atoms with Gasteiger partial charge in [-0.1, -0.05) is 40.2 Å². The Morgan fingerprint density at radius 3 is 2.81 bits per heavy atom. The van der Waals surface area contributed by atoms with Crippen molar-refractivity contribution < 1.29 is 13.5 Å². The summed E-state index contributed by atoms with van der Waals surface area (Å²) >= 11 is 2.91. The Labute approximate surface area is 103 Å². The lowest BCUT2D eigenvalue weighted by atomic mass is 10.1. The number of rotatable bonds is 3. The van der Waals surface area contributed by atoms with E-state index in [2.05, 4.69) is 20.7 Å². The van der Waals surface area contributed by atoms with E-state index in [4.69, 9.17) is 0 Å². The fourth-order valence-corrected chi connectivity index (χ4v) is 3.07. The summed E-state index contributed by atoms with van der Waals surface area (Å²) < 4.78 is 25.2. The van der Waals surface area contributed by atoms with Crippen LogP contribution in [0.25, 0.3) is 0 Å². The Morgan fingerprint density at radius 1 is 1.44 bits per heavy atom. The lowest BCUT2D eigenvalue weighted by Gasteiger charge is -2.16. The maximum atomic E-state index is 11.4. The molecule has 1 aliphatic carbocycles. The average molecular weight is 306 g/mol. The normalized spacial score (nSPS) is 24.4. The Morgan fingerprint density at radius 2 is 2.12 bits per heavy atom. The summed E-state index contributed by atoms with van der Waals surface area (Å²) in [4.78, 5) is 0. The van der Waals surface area contributed by atoms with Gasteiger partial charge in [0.1, 0.15) is 4.66 Å². The smallest absolute Gasteiger partial charge is 0.222 e. The quantitative estimate of drug-likeness (QED) is 0.816. The fraction of sp³-hybridized carbons (Fsp3) is 0.400. The van der Waals surface area contributed by atoms with E-state index in [0.29, 0.717) is 6.42 Å². The van der Waals surface area contributed by atoms with Gasteiger partial charge in [-0.2, -0.15) is 0 Å². The summed E-state index contributed by atoms with van der Waals surface area (Å²) in [6.45, 7) is 0. The molecule has 2 rings (SSSR count). The van der Waals surface area contributed by atoms with Crippen molar-refractivity contribution in [1.29, 1.82) is 0 Å². The fourth-order valence-electron chi connectivity index (χ4n) is 1.94. The molecule has 0 unspecified atom stereocenters. The molecule has 6 heteroatoms. The van der Waals surface area contributed by atoms with E-state index in [1.54, 1.807) is 0 Å². The van der Waals surface area contributed by atoms with Crippen molar-refractivity contribution in [2.75, 3.05) is 4.66 Å². The van der Waals surface area contributed by atoms with Gasteiger partial charge in [0.25, 0.3) is 0 Å². The molecule has 0 aromatic heterocycles. The molecule has 2 atom stereocenters. The van der Waals surface area contributed by atoms with Gasteiger partial charge in [-0.15, -0.1) is 0 Å². The molecule has 1 aromatic carbocycles. The number of fused-ring (bicyclic) bond motifs is 1. The molecule has 1 aromatic rings. The first-order chi connectivity index (χ1) is 7.53. The van der Waals surface area contributed by atoms with Crippen LogP contribution in [0.15, 0.2) is 24.3 Å². The van der Waals surface area contributed by atoms with Gasteiger partial charge in [-0.25, -0.2) is 13.1 Å². The molecule has 1 aliphatic rings. The molecule has 88 valence electrons. The minimum atomic E-state index is -3.37. The third-order valence-electron chi connectivity index (χ3n) is 2.65. The van der Waals surface area contributed by atoms with Gasteiger partial charge in [0.15, 0.2) is 0 Å². The highest BCUT2D eigenvalue weighted by atomic mass is 79.9. The third-order valence-corrected chi connectivity index (χ3v) is 5.36. The number of benzene rings is 1. The van der Waals surface area contributed by atoms with Crippen molar-refractivity contribution >= 4 is 26.0 Å². The van der Waals surface area contributed by atoms with Crippen LogP contribution in [-0.4, -0.2) is 24.3 Å². The van der Waals surface area contributed by atoms with Crippen molar-refractivity contribution in [2.24, 2.45) is 0 Å². The molecule has 0 spiro atoms. The van der Waals surface area contributed by atoms with Gasteiger partial charge >= 0.3 is 0 Å². The number of aliphatic hydroxyl groups excluding tert-OH is 1. The Hall–Kier alpha value is -0.430. The number of aliphatic hydroxyl groups is 1. The van der Waals surface area contributed by atoms with Crippen LogP contribution in [0.3, 0.4) is 0 Å². The van der Waals surface area contributed by atoms with Crippen molar-refractivity contribution in [3.63, 3.8) is 0 Å². The van der Waals surface area contributed by atoms with Crippen LogP contribution in [-0.2, 0) is 16.4 Å². The first kappa shape index (κ1) is 12.0. The molecule has 0 fully saturated rings. The third kappa shape index (κ3) is 2.29. The second-order valence-corrected chi connectivity index (χ2v) is 6.85. The molecule has 0 bridgehead atoms. The minimum Gasteiger partial charge on any atom is -0.391 e. The van der Waals surface area contributed by atoms with Gasteiger partial charge in [-0.3, -0.25) is 0 Å². The van der Waals surface area contributed by atoms with Crippen LogP contribution < -0.4 is 4.72 Å². The Bertz CT molecular complexity index is 489. The molecular weight excluding hydrogens is 294 g/mol. The molecular formula is C10H12BrNO3S. The topological polar surface area (TPSA) is 66.4 Å². The van der Waals surface area contributed by atoms with E-state index in [1.807, 2.05) is 24.3 Å². The zero-order valence-electron chi connectivity index (χ0n) is 8.43. The van der Waals surface area contributed by atoms with Gasteiger partial charge < -0.3 is 5.11 Å². The number of alkyl halides is 1. The van der Waals surface area contributed by atoms with Crippen LogP contribution in [0.5, 0.6) is 0 Å². The average Bonchev–Trinajstić information content (AvgIpc) is 2.56. The van der Waals surface area contributed by atoms with E-state index in [-0.39, 0.29) is 4.66 Å². The van der Waals surface area contributed by atoms with E-state index in [0.717, 1.165) is 11.1 Å². The number of hydrogen-bond donors (Lipinski definition) is 2. The van der Waals surface area contributed by atoms with Gasteiger partial charge in [0, 0.05) is 6.42 Å². The summed E-state index contributed by atoms with van der Waals surface area (Å²) in [5, 5.41) is 9.83. The van der Waals surface area contributed by atoms with Gasteiger partial charge in [-0.05, 0) is 11.1 Å². The largest absolute Gasteiger partial charge is 0.391 e. The zero-order valence-corrected chi connectivity index (χ0v) is 10.8. The maximum absolute atomic E-state index is 11.4. The molecule has 16 heavy (non-hydrogen) atoms. The van der Waals surface area contributed by atoms with E-state index in [9.17, 15) is 13.5 Å². The van der Waals surface area contributed by atoms with Crippen molar-refractivity contribution in [3.05, 3.63) is 35.4 Å². The molecule has 0 aliphatic heterocycles. The highest BCUT2D eigenvalue weighted by Crippen LogP contribution is 2.31. The van der Waals surface area contributed by atoms with Gasteiger partial charge in [0.2, 0.25) is 10.0 Å². The predicted octanol–water partition coefficient (Wildman–Crippen LogP) is 0.916. The van der Waals surface area contributed by atoms with Gasteiger partial charge in [0.05, 0.1) is 12.1 Å². The number of nitrogens with one attached hydrogen (secondary N) is 1. The molecule has 0 saturated carbocycles. The van der Waals surface area contributed by atoms with Crippen LogP contribution in [0.2, 0.25) is 0 Å². The van der Waals surface area contributed by atoms with Crippen molar-refractivity contribution in [2.45, 2.75) is 18.6 Å². The standard InChI is InChI=1S/C10H12BrNO3S/c11-6-16(14,15)12-10-8-4-2-1-3-7(8)5-9(10)13/h1-4,9-10,12-13H,5-6H2/t9-,10+/m1/s1. The summed E-state index contributed by atoms with van der Waals surface area (Å²) in [5.74, 6) is 0. The lowest BCUT2D eigenvalue weighted by Crippen LogP contribution is -2.34. The zero-order chi connectivity index (χ0) is 11.8. The molecule has 0 radical (unpaired) electrons. The highest BCUT2D eigenvalue weighted by Gasteiger charge is 2.33. The van der Waals surface area contributed by atoms with Crippen LogP contribution in [0, 0.1) is 0 Å².